The van der Waals surface area contributed by atoms with E-state index < -0.39 is 5.97 Å². The van der Waals surface area contributed by atoms with E-state index in [0.29, 0.717) is 11.7 Å². The molecule has 0 aliphatic heterocycles. The molecule has 5 nitrogen and oxygen atoms in total. The van der Waals surface area contributed by atoms with E-state index in [1.54, 1.807) is 0 Å². The van der Waals surface area contributed by atoms with Gasteiger partial charge in [-0.05, 0) is 19.4 Å². The molecule has 0 unspecified atom stereocenters. The molecule has 0 fully saturated rings. The van der Waals surface area contributed by atoms with Gasteiger partial charge in [0, 0.05) is 6.42 Å². The van der Waals surface area contributed by atoms with E-state index in [1.165, 1.54) is 0 Å². The normalized spacial score (nSPS) is 11.5. The first kappa shape index (κ1) is 13.3. The van der Waals surface area contributed by atoms with Crippen LogP contribution in [0.3, 0.4) is 0 Å². The number of hydrogen-bond donors (Lipinski definition) is 1. The summed E-state index contributed by atoms with van der Waals surface area (Å²) in [5, 5.41) is 12.6. The van der Waals surface area contributed by atoms with Gasteiger partial charge in [0.1, 0.15) is 0 Å². The van der Waals surface area contributed by atoms with Gasteiger partial charge >= 0.3 is 5.97 Å². The molecule has 0 spiro atoms. The van der Waals surface area contributed by atoms with E-state index in [2.05, 4.69) is 10.1 Å². The second-order valence-electron chi connectivity index (χ2n) is 4.90. The van der Waals surface area contributed by atoms with Crippen molar-refractivity contribution < 1.29 is 14.4 Å². The topological polar surface area (TPSA) is 76.2 Å². The van der Waals surface area contributed by atoms with Gasteiger partial charge in [-0.2, -0.15) is 4.98 Å². The van der Waals surface area contributed by atoms with Gasteiger partial charge < -0.3 is 9.63 Å². The molecule has 0 saturated carbocycles. The largest absolute Gasteiger partial charge is 0.481 e. The highest BCUT2D eigenvalue weighted by Gasteiger charge is 2.28. The molecule has 100 valence electrons. The third-order valence-corrected chi connectivity index (χ3v) is 3.08. The van der Waals surface area contributed by atoms with Gasteiger partial charge in [0.05, 0.1) is 11.8 Å². The lowest BCUT2D eigenvalue weighted by atomic mass is 9.84. The number of carboxylic acid groups (broad SMARTS) is 1. The van der Waals surface area contributed by atoms with E-state index in [1.807, 2.05) is 44.2 Å². The highest BCUT2D eigenvalue weighted by molar-refractivity contribution is 5.66. The molecule has 0 saturated heterocycles. The maximum absolute atomic E-state index is 10.5. The van der Waals surface area contributed by atoms with E-state index in [9.17, 15) is 4.79 Å². The van der Waals surface area contributed by atoms with Crippen molar-refractivity contribution in [3.05, 3.63) is 47.6 Å². The first-order chi connectivity index (χ1) is 9.00. The summed E-state index contributed by atoms with van der Waals surface area (Å²) in [5.41, 5.74) is 0.715. The predicted molar refractivity (Wildman–Crippen MR) is 68.8 cm³/mol. The van der Waals surface area contributed by atoms with Crippen LogP contribution >= 0.6 is 0 Å². The molecular weight excluding hydrogens is 244 g/mol. The lowest BCUT2D eigenvalue weighted by molar-refractivity contribution is -0.137. The highest BCUT2D eigenvalue weighted by atomic mass is 16.5. The van der Waals surface area contributed by atoms with Gasteiger partial charge in [0.25, 0.3) is 0 Å². The zero-order chi connectivity index (χ0) is 13.9. The second kappa shape index (κ2) is 5.22. The number of aryl methyl sites for hydroxylation is 1. The number of nitrogens with zero attached hydrogens (tertiary/aromatic N) is 2. The lowest BCUT2D eigenvalue weighted by Gasteiger charge is -2.20. The Morgan fingerprint density at radius 3 is 2.63 bits per heavy atom. The quantitative estimate of drug-likeness (QED) is 0.893. The SMILES string of the molecule is CC(C)(c1ccccc1)c1noc(CCC(=O)O)n1. The van der Waals surface area contributed by atoms with Gasteiger partial charge in [-0.15, -0.1) is 0 Å². The van der Waals surface area contributed by atoms with E-state index in [-0.39, 0.29) is 18.3 Å². The number of aliphatic carboxylic acids is 1. The van der Waals surface area contributed by atoms with Crippen LogP contribution in [0.4, 0.5) is 0 Å². The number of benzene rings is 1. The van der Waals surface area contributed by atoms with Crippen molar-refractivity contribution in [2.24, 2.45) is 0 Å². The van der Waals surface area contributed by atoms with Crippen LogP contribution in [-0.2, 0) is 16.6 Å². The molecule has 0 radical (unpaired) electrons. The summed E-state index contributed by atoms with van der Waals surface area (Å²) >= 11 is 0. The van der Waals surface area contributed by atoms with Crippen LogP contribution < -0.4 is 0 Å². The summed E-state index contributed by atoms with van der Waals surface area (Å²) in [4.78, 5) is 14.8. The molecule has 1 aromatic heterocycles. The van der Waals surface area contributed by atoms with Crippen molar-refractivity contribution in [1.29, 1.82) is 0 Å². The molecule has 5 heteroatoms. The highest BCUT2D eigenvalue weighted by Crippen LogP contribution is 2.28. The maximum Gasteiger partial charge on any atom is 0.303 e. The van der Waals surface area contributed by atoms with Crippen LogP contribution in [0.1, 0.15) is 37.5 Å². The van der Waals surface area contributed by atoms with Gasteiger partial charge in [0.15, 0.2) is 5.82 Å². The van der Waals surface area contributed by atoms with E-state index in [0.717, 1.165) is 5.56 Å². The van der Waals surface area contributed by atoms with Crippen LogP contribution in [0.25, 0.3) is 0 Å². The smallest absolute Gasteiger partial charge is 0.303 e. The minimum atomic E-state index is -0.873. The lowest BCUT2D eigenvalue weighted by Crippen LogP contribution is -2.20. The summed E-state index contributed by atoms with van der Waals surface area (Å²) in [6.07, 6.45) is 0.251. The molecule has 0 bridgehead atoms. The monoisotopic (exact) mass is 260 g/mol. The third kappa shape index (κ3) is 2.99. The fourth-order valence-electron chi connectivity index (χ4n) is 1.81. The Balaban J connectivity index is 2.20. The number of rotatable bonds is 5. The van der Waals surface area contributed by atoms with Gasteiger partial charge in [-0.25, -0.2) is 0 Å². The molecule has 0 aliphatic carbocycles. The molecule has 19 heavy (non-hydrogen) atoms. The minimum absolute atomic E-state index is 0.00655. The Hall–Kier alpha value is -2.17. The number of carboxylic acids is 1. The minimum Gasteiger partial charge on any atom is -0.481 e. The fraction of sp³-hybridized carbons (Fsp3) is 0.357. The molecule has 2 rings (SSSR count). The molecule has 0 amide bonds. The summed E-state index contributed by atoms with van der Waals surface area (Å²) in [7, 11) is 0. The van der Waals surface area contributed by atoms with Crippen molar-refractivity contribution in [2.45, 2.75) is 32.1 Å². The Kier molecular flexibility index (Phi) is 3.64. The average molecular weight is 260 g/mol. The number of hydrogen-bond acceptors (Lipinski definition) is 4. The first-order valence-corrected chi connectivity index (χ1v) is 6.10. The van der Waals surface area contributed by atoms with Crippen LogP contribution in [0.2, 0.25) is 0 Å². The molecule has 2 aromatic rings. The summed E-state index contributed by atoms with van der Waals surface area (Å²) in [6.45, 7) is 4.02. The van der Waals surface area contributed by atoms with Crippen molar-refractivity contribution in [3.8, 4) is 0 Å². The molecule has 1 N–H and O–H groups in total. The Labute approximate surface area is 111 Å². The Bertz CT molecular complexity index is 561. The van der Waals surface area contributed by atoms with Crippen molar-refractivity contribution in [3.63, 3.8) is 0 Å². The molecular formula is C14H16N2O3. The standard InChI is InChI=1S/C14H16N2O3/c1-14(2,10-6-4-3-5-7-10)13-15-11(19-16-13)8-9-12(17)18/h3-7H,8-9H2,1-2H3,(H,17,18). The molecule has 1 aromatic carbocycles. The van der Waals surface area contributed by atoms with Crippen LogP contribution in [0.15, 0.2) is 34.9 Å². The van der Waals surface area contributed by atoms with E-state index >= 15 is 0 Å². The zero-order valence-corrected chi connectivity index (χ0v) is 11.0. The van der Waals surface area contributed by atoms with Gasteiger partial charge in [-0.3, -0.25) is 4.79 Å². The van der Waals surface area contributed by atoms with Crippen LogP contribution in [-0.4, -0.2) is 21.2 Å². The molecule has 0 aliphatic rings. The Morgan fingerprint density at radius 1 is 1.32 bits per heavy atom. The fourth-order valence-corrected chi connectivity index (χ4v) is 1.81. The van der Waals surface area contributed by atoms with Gasteiger partial charge in [-0.1, -0.05) is 35.5 Å². The summed E-state index contributed by atoms with van der Waals surface area (Å²) in [6, 6.07) is 9.89. The van der Waals surface area contributed by atoms with Crippen molar-refractivity contribution in [2.75, 3.05) is 0 Å². The first-order valence-electron chi connectivity index (χ1n) is 6.10. The third-order valence-electron chi connectivity index (χ3n) is 3.08. The van der Waals surface area contributed by atoms with Crippen molar-refractivity contribution in [1.82, 2.24) is 10.1 Å². The Morgan fingerprint density at radius 2 is 2.00 bits per heavy atom. The number of carbonyl (C=O) groups is 1. The molecule has 1 heterocycles. The predicted octanol–water partition coefficient (Wildman–Crippen LogP) is 2.41. The van der Waals surface area contributed by atoms with Crippen LogP contribution in [0, 0.1) is 0 Å². The van der Waals surface area contributed by atoms with Crippen LogP contribution in [0.5, 0.6) is 0 Å². The van der Waals surface area contributed by atoms with Gasteiger partial charge in [0.2, 0.25) is 5.89 Å². The molecule has 0 atom stereocenters. The zero-order valence-electron chi connectivity index (χ0n) is 11.0. The maximum atomic E-state index is 10.5. The van der Waals surface area contributed by atoms with E-state index in [4.69, 9.17) is 9.63 Å². The van der Waals surface area contributed by atoms with Crippen molar-refractivity contribution >= 4 is 5.97 Å². The number of aromatic nitrogens is 2. The second-order valence-corrected chi connectivity index (χ2v) is 4.90. The summed E-state index contributed by atoms with van der Waals surface area (Å²) < 4.78 is 5.10. The average Bonchev–Trinajstić information content (AvgIpc) is 2.87. The summed E-state index contributed by atoms with van der Waals surface area (Å²) in [5.74, 6) is 0.0579.